The zero-order valence-corrected chi connectivity index (χ0v) is 13.6. The summed E-state index contributed by atoms with van der Waals surface area (Å²) < 4.78 is 12.0. The highest BCUT2D eigenvalue weighted by Crippen LogP contribution is 2.37. The van der Waals surface area contributed by atoms with Crippen LogP contribution in [0.25, 0.3) is 0 Å². The van der Waals surface area contributed by atoms with Crippen LogP contribution in [0.5, 0.6) is 0 Å². The van der Waals surface area contributed by atoms with Gasteiger partial charge < -0.3 is 5.73 Å². The van der Waals surface area contributed by atoms with E-state index in [9.17, 15) is 4.53 Å². The molecule has 0 saturated heterocycles. The maximum atomic E-state index is 12.0. The van der Waals surface area contributed by atoms with Crippen LogP contribution in [-0.2, 0) is 10.4 Å². The Kier molecular flexibility index (Phi) is 6.01. The summed E-state index contributed by atoms with van der Waals surface area (Å²) in [5, 5.41) is 0. The van der Waals surface area contributed by atoms with Crippen LogP contribution in [0.3, 0.4) is 0 Å². The zero-order valence-electron chi connectivity index (χ0n) is 13.6. The minimum absolute atomic E-state index is 0.0303. The largest absolute Gasteiger partial charge is 0.398 e. The number of anilines is 1. The highest BCUT2D eigenvalue weighted by molar-refractivity contribution is 5.50. The Balaban J connectivity index is 2.86. The highest BCUT2D eigenvalue weighted by Gasteiger charge is 2.28. The molecule has 1 aromatic rings. The summed E-state index contributed by atoms with van der Waals surface area (Å²) in [6, 6.07) is 8.00. The average Bonchev–Trinajstić information content (AvgIpc) is 2.44. The molecule has 1 aromatic carbocycles. The van der Waals surface area contributed by atoms with Gasteiger partial charge in [0.05, 0.1) is 0 Å². The minimum atomic E-state index is -0.0303. The molecule has 0 bridgehead atoms. The van der Waals surface area contributed by atoms with Crippen molar-refractivity contribution in [3.63, 3.8) is 0 Å². The van der Waals surface area contributed by atoms with E-state index in [1.54, 1.807) is 13.0 Å². The van der Waals surface area contributed by atoms with Gasteiger partial charge in [-0.15, -0.1) is 0 Å². The molecule has 2 nitrogen and oxygen atoms in total. The number of allylic oxidation sites excluding steroid dienone is 4. The van der Waals surface area contributed by atoms with Gasteiger partial charge in [0.1, 0.15) is 5.76 Å². The van der Waals surface area contributed by atoms with Gasteiger partial charge >= 0.3 is 0 Å². The number of benzene rings is 1. The van der Waals surface area contributed by atoms with E-state index in [1.165, 1.54) is 5.56 Å². The molecule has 0 aliphatic carbocycles. The first-order chi connectivity index (χ1) is 9.78. The molecule has 0 fully saturated rings. The van der Waals surface area contributed by atoms with Crippen LogP contribution in [0.1, 0.15) is 46.6 Å². The highest BCUT2D eigenvalue weighted by atomic mass is 19.3. The molecule has 0 aromatic heterocycles. The minimum Gasteiger partial charge on any atom is -0.398 e. The molecule has 0 saturated carbocycles. The lowest BCUT2D eigenvalue weighted by atomic mass is 9.72. The van der Waals surface area contributed by atoms with Crippen LogP contribution >= 0.6 is 0 Å². The lowest BCUT2D eigenvalue weighted by Crippen LogP contribution is -2.27. The molecular weight excluding hydrogens is 265 g/mol. The molecule has 0 aliphatic heterocycles. The zero-order chi connectivity index (χ0) is 16.0. The van der Waals surface area contributed by atoms with E-state index < -0.39 is 0 Å². The van der Waals surface area contributed by atoms with Crippen LogP contribution in [-0.4, -0.2) is 0 Å². The number of hydrogen-bond acceptors (Lipinski definition) is 2. The Bertz CT molecular complexity index is 532. The molecular formula is C18H26FNO. The van der Waals surface area contributed by atoms with E-state index in [1.807, 2.05) is 25.1 Å². The number of nitrogens with two attached hydrogens (primary N) is 1. The smallest absolute Gasteiger partial charge is 0.146 e. The standard InChI is InChI=1S/C18H26FNO/c1-13(12-15(3)21-19)10-11-14(2)18(4,5)16-8-6-7-9-17(16)20/h6-10,12,14H,11,20H2,1-5H3/b13-10-,15-12-/t14-/m0/s1. The van der Waals surface area contributed by atoms with Crippen molar-refractivity contribution in [1.29, 1.82) is 0 Å². The topological polar surface area (TPSA) is 35.2 Å². The third-order valence-electron chi connectivity index (χ3n) is 4.23. The molecule has 0 amide bonds. The van der Waals surface area contributed by atoms with Gasteiger partial charge in [-0.3, -0.25) is 4.94 Å². The second-order valence-corrected chi connectivity index (χ2v) is 6.23. The molecule has 0 radical (unpaired) electrons. The van der Waals surface area contributed by atoms with Gasteiger partial charge in [-0.05, 0) is 49.3 Å². The third-order valence-corrected chi connectivity index (χ3v) is 4.23. The van der Waals surface area contributed by atoms with E-state index >= 15 is 0 Å². The van der Waals surface area contributed by atoms with Crippen molar-refractivity contribution in [2.75, 3.05) is 5.73 Å². The Hall–Kier alpha value is -1.77. The monoisotopic (exact) mass is 291 g/mol. The summed E-state index contributed by atoms with van der Waals surface area (Å²) in [5.74, 6) is 0.667. The van der Waals surface area contributed by atoms with Crippen molar-refractivity contribution < 1.29 is 9.47 Å². The first kappa shape index (κ1) is 17.3. The summed E-state index contributed by atoms with van der Waals surface area (Å²) >= 11 is 0. The van der Waals surface area contributed by atoms with Gasteiger partial charge in [0.15, 0.2) is 0 Å². The lowest BCUT2D eigenvalue weighted by Gasteiger charge is -2.33. The Morgan fingerprint density at radius 1 is 1.33 bits per heavy atom. The maximum absolute atomic E-state index is 12.0. The maximum Gasteiger partial charge on any atom is 0.146 e. The van der Waals surface area contributed by atoms with Crippen LogP contribution in [0.2, 0.25) is 0 Å². The van der Waals surface area contributed by atoms with Crippen LogP contribution < -0.4 is 5.73 Å². The molecule has 0 aliphatic rings. The van der Waals surface area contributed by atoms with E-state index in [4.69, 9.17) is 5.73 Å². The molecule has 0 unspecified atom stereocenters. The SMILES string of the molecule is CC(=C/C[C@H](C)C(C)(C)c1ccccc1N)/C=C(/C)OF. The number of nitrogen functional groups attached to an aromatic ring is 1. The number of halogens is 1. The second-order valence-electron chi connectivity index (χ2n) is 6.23. The fourth-order valence-corrected chi connectivity index (χ4v) is 2.41. The van der Waals surface area contributed by atoms with Crippen LogP contribution in [0.4, 0.5) is 10.2 Å². The Morgan fingerprint density at radius 2 is 1.95 bits per heavy atom. The Morgan fingerprint density at radius 3 is 2.52 bits per heavy atom. The van der Waals surface area contributed by atoms with E-state index in [0.29, 0.717) is 5.92 Å². The van der Waals surface area contributed by atoms with Crippen molar-refractivity contribution in [2.24, 2.45) is 5.92 Å². The van der Waals surface area contributed by atoms with Gasteiger partial charge in [0.25, 0.3) is 0 Å². The molecule has 0 spiro atoms. The molecule has 1 atom stereocenters. The molecule has 21 heavy (non-hydrogen) atoms. The van der Waals surface area contributed by atoms with E-state index in [-0.39, 0.29) is 11.2 Å². The first-order valence-electron chi connectivity index (χ1n) is 7.27. The molecule has 2 N–H and O–H groups in total. The van der Waals surface area contributed by atoms with Gasteiger partial charge in [-0.25, -0.2) is 0 Å². The summed E-state index contributed by atoms with van der Waals surface area (Å²) in [4.78, 5) is 3.68. The van der Waals surface area contributed by atoms with Crippen LogP contribution in [0.15, 0.2) is 47.7 Å². The summed E-state index contributed by atoms with van der Waals surface area (Å²) in [6.45, 7) is 10.2. The fraction of sp³-hybridized carbons (Fsp3) is 0.444. The fourth-order valence-electron chi connectivity index (χ4n) is 2.41. The average molecular weight is 291 g/mol. The van der Waals surface area contributed by atoms with Crippen molar-refractivity contribution in [3.8, 4) is 0 Å². The number of hydrogen-bond donors (Lipinski definition) is 1. The summed E-state index contributed by atoms with van der Waals surface area (Å²) in [7, 11) is 0. The summed E-state index contributed by atoms with van der Waals surface area (Å²) in [5.41, 5.74) is 9.06. The van der Waals surface area contributed by atoms with Crippen LogP contribution in [0, 0.1) is 5.92 Å². The van der Waals surface area contributed by atoms with E-state index in [0.717, 1.165) is 17.7 Å². The van der Waals surface area contributed by atoms with Gasteiger partial charge in [0.2, 0.25) is 0 Å². The molecule has 1 rings (SSSR count). The first-order valence-corrected chi connectivity index (χ1v) is 7.27. The molecule has 0 heterocycles. The predicted molar refractivity (Wildman–Crippen MR) is 87.4 cm³/mol. The van der Waals surface area contributed by atoms with Gasteiger partial charge in [-0.2, -0.15) is 0 Å². The van der Waals surface area contributed by atoms with Crippen molar-refractivity contribution in [1.82, 2.24) is 0 Å². The quantitative estimate of drug-likeness (QED) is 0.437. The Labute approximate surface area is 127 Å². The van der Waals surface area contributed by atoms with E-state index in [2.05, 4.69) is 37.9 Å². The number of rotatable bonds is 6. The van der Waals surface area contributed by atoms with Gasteiger partial charge in [-0.1, -0.05) is 50.6 Å². The molecule has 116 valence electrons. The third kappa shape index (κ3) is 4.62. The second kappa shape index (κ2) is 7.30. The van der Waals surface area contributed by atoms with Crippen molar-refractivity contribution >= 4 is 5.69 Å². The predicted octanol–water partition coefficient (Wildman–Crippen LogP) is 5.32. The summed E-state index contributed by atoms with van der Waals surface area (Å²) in [6.07, 6.45) is 4.69. The molecule has 3 heteroatoms. The van der Waals surface area contributed by atoms with Crippen molar-refractivity contribution in [3.05, 3.63) is 53.3 Å². The van der Waals surface area contributed by atoms with Crippen molar-refractivity contribution in [2.45, 2.75) is 46.5 Å². The normalized spacial score (nSPS) is 15.0. The number of para-hydroxylation sites is 1. The lowest BCUT2D eigenvalue weighted by molar-refractivity contribution is -0.0820. The van der Waals surface area contributed by atoms with Gasteiger partial charge in [0, 0.05) is 10.2 Å².